The third kappa shape index (κ3) is 3.37. The number of nitrogens with zero attached hydrogens (tertiary/aromatic N) is 1. The molecule has 122 valence electrons. The predicted octanol–water partition coefficient (Wildman–Crippen LogP) is 4.22. The summed E-state index contributed by atoms with van der Waals surface area (Å²) in [5.41, 5.74) is 2.62. The summed E-state index contributed by atoms with van der Waals surface area (Å²) in [7, 11) is 1.32. The number of carbonyl (C=O) groups excluding carboxylic acids is 2. The minimum atomic E-state index is -0.445. The molecule has 2 aromatic heterocycles. The molecule has 3 aromatic rings. The van der Waals surface area contributed by atoms with Crippen molar-refractivity contribution in [3.63, 3.8) is 0 Å². The number of aryl methyl sites for hydroxylation is 1. The predicted molar refractivity (Wildman–Crippen MR) is 95.9 cm³/mol. The maximum absolute atomic E-state index is 12.5. The van der Waals surface area contributed by atoms with Crippen LogP contribution in [0.1, 0.15) is 25.7 Å². The summed E-state index contributed by atoms with van der Waals surface area (Å²) < 4.78 is 4.69. The minimum absolute atomic E-state index is 0.242. The summed E-state index contributed by atoms with van der Waals surface area (Å²) in [5.74, 6) is -0.687. The van der Waals surface area contributed by atoms with Gasteiger partial charge in [-0.2, -0.15) is 11.3 Å². The van der Waals surface area contributed by atoms with Crippen LogP contribution in [-0.2, 0) is 4.74 Å². The number of benzene rings is 1. The zero-order valence-electron chi connectivity index (χ0n) is 13.0. The number of anilines is 1. The second kappa shape index (κ2) is 6.94. The smallest absolute Gasteiger partial charge is 0.337 e. The van der Waals surface area contributed by atoms with Gasteiger partial charge in [-0.05, 0) is 36.6 Å². The number of nitrogens with one attached hydrogen (secondary N) is 1. The van der Waals surface area contributed by atoms with Gasteiger partial charge in [-0.3, -0.25) is 4.79 Å². The summed E-state index contributed by atoms with van der Waals surface area (Å²) in [4.78, 5) is 29.1. The molecule has 1 amide bonds. The Balaban J connectivity index is 1.82. The molecule has 0 radical (unpaired) electrons. The summed E-state index contributed by atoms with van der Waals surface area (Å²) in [6.07, 6.45) is 0. The summed E-state index contributed by atoms with van der Waals surface area (Å²) >= 11 is 2.94. The fourth-order valence-corrected chi connectivity index (χ4v) is 3.82. The minimum Gasteiger partial charge on any atom is -0.465 e. The van der Waals surface area contributed by atoms with Gasteiger partial charge in [0.05, 0.1) is 18.4 Å². The van der Waals surface area contributed by atoms with Crippen LogP contribution in [0.2, 0.25) is 0 Å². The van der Waals surface area contributed by atoms with Crippen molar-refractivity contribution in [3.8, 4) is 10.6 Å². The zero-order chi connectivity index (χ0) is 17.1. The van der Waals surface area contributed by atoms with Crippen molar-refractivity contribution in [2.45, 2.75) is 6.92 Å². The first kappa shape index (κ1) is 16.4. The van der Waals surface area contributed by atoms with E-state index in [0.717, 1.165) is 10.6 Å². The van der Waals surface area contributed by atoms with Crippen LogP contribution in [0.25, 0.3) is 10.6 Å². The third-order valence-corrected chi connectivity index (χ3v) is 5.20. The van der Waals surface area contributed by atoms with Gasteiger partial charge >= 0.3 is 5.97 Å². The van der Waals surface area contributed by atoms with Crippen LogP contribution in [0, 0.1) is 6.92 Å². The van der Waals surface area contributed by atoms with E-state index in [4.69, 9.17) is 0 Å². The first-order chi connectivity index (χ1) is 11.6. The van der Waals surface area contributed by atoms with E-state index in [2.05, 4.69) is 15.0 Å². The Morgan fingerprint density at radius 2 is 2.08 bits per heavy atom. The summed E-state index contributed by atoms with van der Waals surface area (Å²) in [5, 5.41) is 7.60. The molecule has 2 heterocycles. The number of thiazole rings is 1. The molecule has 0 saturated heterocycles. The number of hydrogen-bond donors (Lipinski definition) is 1. The highest BCUT2D eigenvalue weighted by Gasteiger charge is 2.17. The number of rotatable bonds is 4. The van der Waals surface area contributed by atoms with Crippen molar-refractivity contribution in [2.24, 2.45) is 0 Å². The lowest BCUT2D eigenvalue weighted by molar-refractivity contribution is 0.0600. The zero-order valence-corrected chi connectivity index (χ0v) is 14.7. The number of carbonyl (C=O) groups is 2. The lowest BCUT2D eigenvalue weighted by Crippen LogP contribution is -2.12. The van der Waals surface area contributed by atoms with E-state index in [0.29, 0.717) is 21.8 Å². The SMILES string of the molecule is COC(=O)c1cccc(NC(=O)c2sc(-c3ccsc3)nc2C)c1. The van der Waals surface area contributed by atoms with Crippen molar-refractivity contribution < 1.29 is 14.3 Å². The molecule has 0 saturated carbocycles. The molecule has 0 unspecified atom stereocenters. The van der Waals surface area contributed by atoms with Gasteiger partial charge in [-0.1, -0.05) is 6.07 Å². The van der Waals surface area contributed by atoms with Crippen molar-refractivity contribution in [2.75, 3.05) is 12.4 Å². The van der Waals surface area contributed by atoms with Crippen LogP contribution in [-0.4, -0.2) is 24.0 Å². The number of ether oxygens (including phenoxy) is 1. The van der Waals surface area contributed by atoms with Gasteiger partial charge in [0, 0.05) is 16.6 Å². The Hall–Kier alpha value is -2.51. The second-order valence-corrected chi connectivity index (χ2v) is 6.75. The highest BCUT2D eigenvalue weighted by molar-refractivity contribution is 7.17. The number of thiophene rings is 1. The molecule has 7 heteroatoms. The third-order valence-electron chi connectivity index (χ3n) is 3.31. The van der Waals surface area contributed by atoms with Crippen molar-refractivity contribution in [3.05, 3.63) is 57.2 Å². The molecule has 0 atom stereocenters. The Morgan fingerprint density at radius 3 is 2.79 bits per heavy atom. The molecule has 0 spiro atoms. The molecule has 5 nitrogen and oxygen atoms in total. The molecule has 1 N–H and O–H groups in total. The highest BCUT2D eigenvalue weighted by Crippen LogP contribution is 2.29. The average Bonchev–Trinajstić information content (AvgIpc) is 3.23. The van der Waals surface area contributed by atoms with Crippen LogP contribution in [0.3, 0.4) is 0 Å². The van der Waals surface area contributed by atoms with Gasteiger partial charge in [0.25, 0.3) is 5.91 Å². The molecule has 0 aliphatic heterocycles. The van der Waals surface area contributed by atoms with Gasteiger partial charge in [0.15, 0.2) is 0 Å². The molecule has 24 heavy (non-hydrogen) atoms. The van der Waals surface area contributed by atoms with Gasteiger partial charge in [-0.15, -0.1) is 11.3 Å². The molecule has 3 rings (SSSR count). The maximum atomic E-state index is 12.5. The number of esters is 1. The first-order valence-corrected chi connectivity index (χ1v) is 8.84. The van der Waals surface area contributed by atoms with Crippen LogP contribution >= 0.6 is 22.7 Å². The molecule has 1 aromatic carbocycles. The quantitative estimate of drug-likeness (QED) is 0.709. The van der Waals surface area contributed by atoms with E-state index in [1.165, 1.54) is 18.4 Å². The Bertz CT molecular complexity index is 885. The normalized spacial score (nSPS) is 10.4. The second-order valence-electron chi connectivity index (χ2n) is 4.97. The number of methoxy groups -OCH3 is 1. The van der Waals surface area contributed by atoms with Crippen LogP contribution in [0.5, 0.6) is 0 Å². The summed E-state index contributed by atoms with van der Waals surface area (Å²) in [6.45, 7) is 1.81. The van der Waals surface area contributed by atoms with Gasteiger partial charge in [0.1, 0.15) is 9.88 Å². The molecule has 0 fully saturated rings. The molecule has 0 aliphatic carbocycles. The van der Waals surface area contributed by atoms with Crippen molar-refractivity contribution in [1.29, 1.82) is 0 Å². The lowest BCUT2D eigenvalue weighted by Gasteiger charge is -2.06. The highest BCUT2D eigenvalue weighted by atomic mass is 32.1. The molecule has 0 aliphatic rings. The molecular formula is C17H14N2O3S2. The van der Waals surface area contributed by atoms with E-state index in [-0.39, 0.29) is 5.91 Å². The Labute approximate surface area is 146 Å². The van der Waals surface area contributed by atoms with E-state index < -0.39 is 5.97 Å². The molecule has 0 bridgehead atoms. The monoisotopic (exact) mass is 358 g/mol. The van der Waals surface area contributed by atoms with Crippen LogP contribution in [0.4, 0.5) is 5.69 Å². The first-order valence-electron chi connectivity index (χ1n) is 7.08. The number of hydrogen-bond acceptors (Lipinski definition) is 6. The fourth-order valence-electron chi connectivity index (χ4n) is 2.15. The number of aromatic nitrogens is 1. The van der Waals surface area contributed by atoms with Gasteiger partial charge in [-0.25, -0.2) is 9.78 Å². The van der Waals surface area contributed by atoms with E-state index in [9.17, 15) is 9.59 Å². The summed E-state index contributed by atoms with van der Waals surface area (Å²) in [6, 6.07) is 8.61. The van der Waals surface area contributed by atoms with E-state index in [1.54, 1.807) is 35.6 Å². The standard InChI is InChI=1S/C17H14N2O3S2/c1-10-14(24-16(18-10)12-6-7-23-9-12)15(20)19-13-5-3-4-11(8-13)17(21)22-2/h3-9H,1-2H3,(H,19,20). The maximum Gasteiger partial charge on any atom is 0.337 e. The topological polar surface area (TPSA) is 68.3 Å². The Kier molecular flexibility index (Phi) is 4.73. The van der Waals surface area contributed by atoms with E-state index >= 15 is 0 Å². The Morgan fingerprint density at radius 1 is 1.25 bits per heavy atom. The van der Waals surface area contributed by atoms with Crippen LogP contribution in [0.15, 0.2) is 41.1 Å². The van der Waals surface area contributed by atoms with Crippen molar-refractivity contribution >= 4 is 40.2 Å². The molecular weight excluding hydrogens is 344 g/mol. The fraction of sp³-hybridized carbons (Fsp3) is 0.118. The van der Waals surface area contributed by atoms with Crippen molar-refractivity contribution in [1.82, 2.24) is 4.98 Å². The van der Waals surface area contributed by atoms with Crippen LogP contribution < -0.4 is 5.32 Å². The van der Waals surface area contributed by atoms with Gasteiger partial charge in [0.2, 0.25) is 0 Å². The average molecular weight is 358 g/mol. The van der Waals surface area contributed by atoms with Gasteiger partial charge < -0.3 is 10.1 Å². The van der Waals surface area contributed by atoms with E-state index in [1.807, 2.05) is 23.8 Å². The number of amides is 1. The lowest BCUT2D eigenvalue weighted by atomic mass is 10.2. The largest absolute Gasteiger partial charge is 0.465 e.